The molecule has 0 saturated carbocycles. The normalized spacial score (nSPS) is 10.7. The number of fused-ring (bicyclic) bond motifs is 1. The standard InChI is InChI=1S/C18H19N3O3S/c1-22-12-6-4-11(5-7-12)10-21-17(19)13-8-15(23-2)16(24-3)9-14(13)20-18(21)25/h4-9H,10H2,1-3H3,(H2,19,20,25)/p+1. The number of aromatic nitrogens is 2. The first-order valence-corrected chi connectivity index (χ1v) is 8.08. The molecule has 0 bridgehead atoms. The van der Waals surface area contributed by atoms with E-state index in [2.05, 4.69) is 4.98 Å². The highest BCUT2D eigenvalue weighted by Gasteiger charge is 2.16. The van der Waals surface area contributed by atoms with Crippen molar-refractivity contribution in [3.8, 4) is 17.2 Å². The number of nitrogen functional groups attached to an aromatic ring is 1. The van der Waals surface area contributed by atoms with Gasteiger partial charge in [-0.2, -0.15) is 0 Å². The summed E-state index contributed by atoms with van der Waals surface area (Å²) in [5.41, 5.74) is 8.26. The maximum atomic E-state index is 6.39. The highest BCUT2D eigenvalue weighted by molar-refractivity contribution is 7.71. The Morgan fingerprint density at radius 1 is 1.00 bits per heavy atom. The van der Waals surface area contributed by atoms with E-state index in [4.69, 9.17) is 32.2 Å². The fourth-order valence-electron chi connectivity index (χ4n) is 2.70. The van der Waals surface area contributed by atoms with Gasteiger partial charge in [-0.25, -0.2) is 4.57 Å². The van der Waals surface area contributed by atoms with Crippen molar-refractivity contribution in [1.82, 2.24) is 4.98 Å². The molecule has 3 aromatic rings. The van der Waals surface area contributed by atoms with E-state index in [1.807, 2.05) is 41.0 Å². The lowest BCUT2D eigenvalue weighted by Crippen LogP contribution is -2.40. The number of H-pyrrole nitrogens is 1. The number of nitrogens with two attached hydrogens (primary N) is 1. The van der Waals surface area contributed by atoms with Crippen molar-refractivity contribution in [2.75, 3.05) is 27.1 Å². The van der Waals surface area contributed by atoms with Gasteiger partial charge in [-0.1, -0.05) is 12.1 Å². The summed E-state index contributed by atoms with van der Waals surface area (Å²) < 4.78 is 18.3. The van der Waals surface area contributed by atoms with E-state index in [1.165, 1.54) is 0 Å². The monoisotopic (exact) mass is 358 g/mol. The topological polar surface area (TPSA) is 73.4 Å². The van der Waals surface area contributed by atoms with E-state index in [-0.39, 0.29) is 0 Å². The van der Waals surface area contributed by atoms with Crippen LogP contribution < -0.4 is 24.5 Å². The van der Waals surface area contributed by atoms with Crippen molar-refractivity contribution in [2.24, 2.45) is 0 Å². The van der Waals surface area contributed by atoms with Crippen molar-refractivity contribution in [2.45, 2.75) is 6.54 Å². The molecule has 1 heterocycles. The van der Waals surface area contributed by atoms with Crippen LogP contribution in [0.3, 0.4) is 0 Å². The second kappa shape index (κ2) is 6.98. The molecule has 6 nitrogen and oxygen atoms in total. The predicted molar refractivity (Wildman–Crippen MR) is 98.9 cm³/mol. The molecule has 0 aliphatic rings. The lowest BCUT2D eigenvalue weighted by molar-refractivity contribution is -0.682. The van der Waals surface area contributed by atoms with Crippen LogP contribution in [0.2, 0.25) is 0 Å². The molecule has 2 aromatic carbocycles. The minimum Gasteiger partial charge on any atom is -0.497 e. The first-order chi connectivity index (χ1) is 12.1. The van der Waals surface area contributed by atoms with Crippen LogP contribution in [-0.2, 0) is 6.54 Å². The third-order valence-corrected chi connectivity index (χ3v) is 4.40. The second-order valence-electron chi connectivity index (χ2n) is 5.50. The fourth-order valence-corrected chi connectivity index (χ4v) is 2.98. The number of ether oxygens (including phenoxy) is 3. The van der Waals surface area contributed by atoms with Gasteiger partial charge in [-0.05, 0) is 29.9 Å². The highest BCUT2D eigenvalue weighted by Crippen LogP contribution is 2.32. The van der Waals surface area contributed by atoms with Crippen molar-refractivity contribution < 1.29 is 18.8 Å². The van der Waals surface area contributed by atoms with E-state index in [0.717, 1.165) is 22.2 Å². The minimum absolute atomic E-state index is 0.535. The van der Waals surface area contributed by atoms with Gasteiger partial charge in [-0.15, -0.1) is 0 Å². The van der Waals surface area contributed by atoms with Gasteiger partial charge in [-0.3, -0.25) is 4.98 Å². The zero-order chi connectivity index (χ0) is 18.0. The van der Waals surface area contributed by atoms with E-state index < -0.39 is 0 Å². The third kappa shape index (κ3) is 3.23. The molecule has 0 saturated heterocycles. The Balaban J connectivity index is 2.10. The summed E-state index contributed by atoms with van der Waals surface area (Å²) in [7, 11) is 4.83. The summed E-state index contributed by atoms with van der Waals surface area (Å²) in [6, 6.07) is 11.5. The SMILES string of the molecule is COc1ccc(C[n+]2c(N)c3cc(OC)c(OC)cc3[nH]c2=S)cc1. The first kappa shape index (κ1) is 17.0. The van der Waals surface area contributed by atoms with Crippen LogP contribution in [0, 0.1) is 4.77 Å². The molecule has 0 aliphatic heterocycles. The summed E-state index contributed by atoms with van der Waals surface area (Å²) in [5.74, 6) is 2.61. The zero-order valence-corrected chi connectivity index (χ0v) is 15.1. The smallest absolute Gasteiger partial charge is 0.295 e. The summed E-state index contributed by atoms with van der Waals surface area (Å²) in [4.78, 5) is 3.21. The largest absolute Gasteiger partial charge is 0.497 e. The minimum atomic E-state index is 0.535. The molecule has 0 atom stereocenters. The lowest BCUT2D eigenvalue weighted by atomic mass is 10.2. The number of methoxy groups -OCH3 is 3. The van der Waals surface area contributed by atoms with Crippen LogP contribution in [0.1, 0.15) is 5.56 Å². The molecule has 25 heavy (non-hydrogen) atoms. The van der Waals surface area contributed by atoms with Crippen LogP contribution in [0.4, 0.5) is 5.82 Å². The van der Waals surface area contributed by atoms with Crippen molar-refractivity contribution in [3.63, 3.8) is 0 Å². The number of anilines is 1. The van der Waals surface area contributed by atoms with Crippen molar-refractivity contribution >= 4 is 28.9 Å². The Kier molecular flexibility index (Phi) is 4.76. The molecular formula is C18H20N3O3S+. The Morgan fingerprint density at radius 3 is 2.24 bits per heavy atom. The molecule has 7 heteroatoms. The van der Waals surface area contributed by atoms with Crippen LogP contribution in [0.5, 0.6) is 17.2 Å². The van der Waals surface area contributed by atoms with Gasteiger partial charge in [0.2, 0.25) is 5.82 Å². The molecule has 0 unspecified atom stereocenters. The van der Waals surface area contributed by atoms with Gasteiger partial charge >= 0.3 is 0 Å². The van der Waals surface area contributed by atoms with Gasteiger partial charge in [0.1, 0.15) is 11.3 Å². The number of hydrogen-bond acceptors (Lipinski definition) is 5. The van der Waals surface area contributed by atoms with Crippen LogP contribution in [0.25, 0.3) is 10.9 Å². The average Bonchev–Trinajstić information content (AvgIpc) is 2.64. The van der Waals surface area contributed by atoms with Crippen LogP contribution in [-0.4, -0.2) is 26.3 Å². The summed E-state index contributed by atoms with van der Waals surface area (Å²) >= 11 is 5.49. The highest BCUT2D eigenvalue weighted by atomic mass is 32.1. The Bertz CT molecular complexity index is 968. The number of hydrogen-bond donors (Lipinski definition) is 2. The number of benzene rings is 2. The third-order valence-electron chi connectivity index (χ3n) is 4.08. The summed E-state index contributed by atoms with van der Waals surface area (Å²) in [6.45, 7) is 0.551. The van der Waals surface area contributed by atoms with Crippen LogP contribution in [0.15, 0.2) is 36.4 Å². The van der Waals surface area contributed by atoms with E-state index in [0.29, 0.717) is 28.6 Å². The molecule has 0 fully saturated rings. The molecule has 0 amide bonds. The fraction of sp³-hybridized carbons (Fsp3) is 0.222. The maximum absolute atomic E-state index is 6.39. The van der Waals surface area contributed by atoms with Gasteiger partial charge in [0, 0.05) is 12.1 Å². The zero-order valence-electron chi connectivity index (χ0n) is 14.3. The Labute approximate surface area is 150 Å². The van der Waals surface area contributed by atoms with Crippen LogP contribution >= 0.6 is 12.2 Å². The van der Waals surface area contributed by atoms with Crippen molar-refractivity contribution in [1.29, 1.82) is 0 Å². The van der Waals surface area contributed by atoms with Gasteiger partial charge in [0.05, 0.1) is 33.3 Å². The number of aromatic amines is 1. The molecule has 3 N–H and O–H groups in total. The quantitative estimate of drug-likeness (QED) is 0.542. The maximum Gasteiger partial charge on any atom is 0.295 e. The predicted octanol–water partition coefficient (Wildman–Crippen LogP) is 2.84. The van der Waals surface area contributed by atoms with Gasteiger partial charge < -0.3 is 19.9 Å². The molecule has 3 rings (SSSR count). The lowest BCUT2D eigenvalue weighted by Gasteiger charge is -2.11. The van der Waals surface area contributed by atoms with E-state index in [1.54, 1.807) is 21.3 Å². The molecule has 0 aliphatic carbocycles. The summed E-state index contributed by atoms with van der Waals surface area (Å²) in [5, 5.41) is 0.819. The molecule has 1 aromatic heterocycles. The van der Waals surface area contributed by atoms with Gasteiger partial charge in [0.15, 0.2) is 11.5 Å². The second-order valence-corrected chi connectivity index (χ2v) is 5.89. The molecule has 0 spiro atoms. The first-order valence-electron chi connectivity index (χ1n) is 7.67. The number of nitrogens with zero attached hydrogens (tertiary/aromatic N) is 1. The molecule has 130 valence electrons. The van der Waals surface area contributed by atoms with E-state index in [9.17, 15) is 0 Å². The average molecular weight is 358 g/mol. The Morgan fingerprint density at radius 2 is 1.64 bits per heavy atom. The van der Waals surface area contributed by atoms with Gasteiger partial charge in [0.25, 0.3) is 4.77 Å². The summed E-state index contributed by atoms with van der Waals surface area (Å²) in [6.07, 6.45) is 0. The number of nitrogens with one attached hydrogen (secondary N) is 1. The Hall–Kier alpha value is -2.80. The molecule has 0 radical (unpaired) electrons. The van der Waals surface area contributed by atoms with E-state index >= 15 is 0 Å². The van der Waals surface area contributed by atoms with Crippen molar-refractivity contribution in [3.05, 3.63) is 46.7 Å². The molecular weight excluding hydrogens is 338 g/mol. The number of rotatable bonds is 5.